The topological polar surface area (TPSA) is 67.3 Å². The summed E-state index contributed by atoms with van der Waals surface area (Å²) in [6.07, 6.45) is 9.74. The van der Waals surface area contributed by atoms with E-state index in [-0.39, 0.29) is 5.91 Å². The number of amides is 1. The van der Waals surface area contributed by atoms with Gasteiger partial charge < -0.3 is 15.0 Å². The second kappa shape index (κ2) is 10.9. The van der Waals surface area contributed by atoms with E-state index in [4.69, 9.17) is 4.74 Å². The van der Waals surface area contributed by atoms with E-state index in [0.29, 0.717) is 13.0 Å². The summed E-state index contributed by atoms with van der Waals surface area (Å²) < 4.78 is 5.92. The van der Waals surface area contributed by atoms with Crippen LogP contribution in [0.5, 0.6) is 5.75 Å². The SMILES string of the molecule is CN1C(=O)CCc2cc(OCCCNCc3ccnc(CCc4cccnc4)c3)ccc21. The largest absolute Gasteiger partial charge is 0.494 e. The Bertz CT molecular complexity index is 1040. The standard InChI is InChI=1S/C26H30N4O2/c1-30-25-9-8-24(17-22(25)6-10-26(30)31)32-15-3-13-28-19-21-11-14-29-23(16-21)7-5-20-4-2-12-27-18-20/h2,4,8-9,11-12,14,16-18,28H,3,5-7,10,13,15,19H2,1H3. The lowest BCUT2D eigenvalue weighted by atomic mass is 10.0. The third-order valence-corrected chi connectivity index (χ3v) is 5.76. The molecule has 1 aliphatic rings. The molecule has 1 aromatic carbocycles. The van der Waals surface area contributed by atoms with Gasteiger partial charge in [0.2, 0.25) is 5.91 Å². The number of nitrogens with one attached hydrogen (secondary N) is 1. The van der Waals surface area contributed by atoms with Crippen LogP contribution in [0.1, 0.15) is 35.2 Å². The first-order valence-electron chi connectivity index (χ1n) is 11.2. The summed E-state index contributed by atoms with van der Waals surface area (Å²) in [6, 6.07) is 14.3. The Labute approximate surface area is 189 Å². The molecule has 0 aliphatic carbocycles. The summed E-state index contributed by atoms with van der Waals surface area (Å²) >= 11 is 0. The minimum atomic E-state index is 0.173. The number of carbonyl (C=O) groups is 1. The summed E-state index contributed by atoms with van der Waals surface area (Å²) in [5, 5.41) is 3.49. The number of pyridine rings is 2. The molecule has 1 aliphatic heterocycles. The van der Waals surface area contributed by atoms with Crippen molar-refractivity contribution in [2.45, 2.75) is 38.6 Å². The van der Waals surface area contributed by atoms with Gasteiger partial charge in [0.25, 0.3) is 0 Å². The minimum absolute atomic E-state index is 0.173. The van der Waals surface area contributed by atoms with Crippen LogP contribution in [0.3, 0.4) is 0 Å². The van der Waals surface area contributed by atoms with Crippen LogP contribution in [0.15, 0.2) is 61.1 Å². The molecule has 4 rings (SSSR count). The molecule has 0 spiro atoms. The fraction of sp³-hybridized carbons (Fsp3) is 0.346. The molecule has 0 atom stereocenters. The average Bonchev–Trinajstić information content (AvgIpc) is 2.83. The van der Waals surface area contributed by atoms with Gasteiger partial charge in [-0.3, -0.25) is 14.8 Å². The predicted molar refractivity (Wildman–Crippen MR) is 126 cm³/mol. The van der Waals surface area contributed by atoms with Crippen molar-refractivity contribution in [3.05, 3.63) is 83.4 Å². The number of nitrogens with zero attached hydrogens (tertiary/aromatic N) is 3. The number of hydrogen-bond acceptors (Lipinski definition) is 5. The summed E-state index contributed by atoms with van der Waals surface area (Å²) in [6.45, 7) is 2.37. The number of carbonyl (C=O) groups excluding carboxylic acids is 1. The van der Waals surface area contributed by atoms with E-state index in [2.05, 4.69) is 39.6 Å². The first-order valence-corrected chi connectivity index (χ1v) is 11.2. The average molecular weight is 431 g/mol. The molecule has 166 valence electrons. The molecule has 0 radical (unpaired) electrons. The summed E-state index contributed by atoms with van der Waals surface area (Å²) in [5.74, 6) is 1.05. The summed E-state index contributed by atoms with van der Waals surface area (Å²) in [4.78, 5) is 22.2. The van der Waals surface area contributed by atoms with Crippen LogP contribution in [0, 0.1) is 0 Å². The van der Waals surface area contributed by atoms with Crippen molar-refractivity contribution in [1.29, 1.82) is 0 Å². The Morgan fingerprint density at radius 2 is 2.00 bits per heavy atom. The zero-order chi connectivity index (χ0) is 22.2. The van der Waals surface area contributed by atoms with Gasteiger partial charge in [0, 0.05) is 50.0 Å². The van der Waals surface area contributed by atoms with Gasteiger partial charge >= 0.3 is 0 Å². The third-order valence-electron chi connectivity index (χ3n) is 5.76. The third kappa shape index (κ3) is 5.92. The number of benzene rings is 1. The highest BCUT2D eigenvalue weighted by Crippen LogP contribution is 2.30. The highest BCUT2D eigenvalue weighted by atomic mass is 16.5. The molecule has 1 N–H and O–H groups in total. The molecule has 0 bridgehead atoms. The van der Waals surface area contributed by atoms with E-state index in [9.17, 15) is 4.79 Å². The van der Waals surface area contributed by atoms with Crippen molar-refractivity contribution >= 4 is 11.6 Å². The lowest BCUT2D eigenvalue weighted by molar-refractivity contribution is -0.118. The molecule has 0 saturated carbocycles. The smallest absolute Gasteiger partial charge is 0.227 e. The lowest BCUT2D eigenvalue weighted by Gasteiger charge is -2.26. The zero-order valence-electron chi connectivity index (χ0n) is 18.6. The Morgan fingerprint density at radius 3 is 2.88 bits per heavy atom. The molecule has 0 fully saturated rings. The van der Waals surface area contributed by atoms with Crippen molar-refractivity contribution in [1.82, 2.24) is 15.3 Å². The zero-order valence-corrected chi connectivity index (χ0v) is 18.6. The Kier molecular flexibility index (Phi) is 7.46. The van der Waals surface area contributed by atoms with Crippen LogP contribution in [0.2, 0.25) is 0 Å². The van der Waals surface area contributed by atoms with Crippen molar-refractivity contribution in [2.75, 3.05) is 25.1 Å². The van der Waals surface area contributed by atoms with Crippen LogP contribution in [0.25, 0.3) is 0 Å². The monoisotopic (exact) mass is 430 g/mol. The van der Waals surface area contributed by atoms with Crippen molar-refractivity contribution in [2.24, 2.45) is 0 Å². The number of anilines is 1. The van der Waals surface area contributed by atoms with Gasteiger partial charge in [0.15, 0.2) is 0 Å². The van der Waals surface area contributed by atoms with Crippen LogP contribution >= 0.6 is 0 Å². The second-order valence-electron chi connectivity index (χ2n) is 8.14. The number of hydrogen-bond donors (Lipinski definition) is 1. The van der Waals surface area contributed by atoms with Gasteiger partial charge in [0.1, 0.15) is 5.75 Å². The first kappa shape index (κ1) is 22.0. The molecule has 6 nitrogen and oxygen atoms in total. The highest BCUT2D eigenvalue weighted by Gasteiger charge is 2.20. The molecular weight excluding hydrogens is 400 g/mol. The maximum Gasteiger partial charge on any atom is 0.227 e. The van der Waals surface area contributed by atoms with Gasteiger partial charge in [-0.25, -0.2) is 0 Å². The number of fused-ring (bicyclic) bond motifs is 1. The molecule has 32 heavy (non-hydrogen) atoms. The van der Waals surface area contributed by atoms with Crippen LogP contribution in [-0.4, -0.2) is 36.1 Å². The number of ether oxygens (including phenoxy) is 1. The van der Waals surface area contributed by atoms with Crippen LogP contribution < -0.4 is 15.0 Å². The molecule has 1 amide bonds. The van der Waals surface area contributed by atoms with Crippen LogP contribution in [-0.2, 0) is 30.6 Å². The van der Waals surface area contributed by atoms with E-state index >= 15 is 0 Å². The van der Waals surface area contributed by atoms with E-state index < -0.39 is 0 Å². The number of aromatic nitrogens is 2. The Morgan fingerprint density at radius 1 is 1.06 bits per heavy atom. The molecule has 0 unspecified atom stereocenters. The molecule has 2 aromatic heterocycles. The highest BCUT2D eigenvalue weighted by molar-refractivity contribution is 5.95. The maximum absolute atomic E-state index is 11.8. The Hall–Kier alpha value is -3.25. The quantitative estimate of drug-likeness (QED) is 0.497. The fourth-order valence-corrected chi connectivity index (χ4v) is 3.94. The maximum atomic E-state index is 11.8. The lowest BCUT2D eigenvalue weighted by Crippen LogP contribution is -2.30. The second-order valence-corrected chi connectivity index (χ2v) is 8.14. The number of aryl methyl sites for hydroxylation is 3. The van der Waals surface area contributed by atoms with Crippen molar-refractivity contribution in [3.8, 4) is 5.75 Å². The van der Waals surface area contributed by atoms with E-state index in [1.54, 1.807) is 11.1 Å². The molecule has 6 heteroatoms. The van der Waals surface area contributed by atoms with Crippen molar-refractivity contribution < 1.29 is 9.53 Å². The fourth-order valence-electron chi connectivity index (χ4n) is 3.94. The normalized spacial score (nSPS) is 13.2. The molecule has 3 aromatic rings. The van der Waals surface area contributed by atoms with Gasteiger partial charge in [-0.15, -0.1) is 0 Å². The number of rotatable bonds is 10. The van der Waals surface area contributed by atoms with Crippen LogP contribution in [0.4, 0.5) is 5.69 Å². The van der Waals surface area contributed by atoms with Crippen molar-refractivity contribution in [3.63, 3.8) is 0 Å². The molecule has 3 heterocycles. The van der Waals surface area contributed by atoms with E-state index in [1.165, 1.54) is 16.7 Å². The van der Waals surface area contributed by atoms with E-state index in [0.717, 1.165) is 55.9 Å². The van der Waals surface area contributed by atoms with Gasteiger partial charge in [0.05, 0.1) is 6.61 Å². The molecule has 0 saturated heterocycles. The Balaban J connectivity index is 1.16. The van der Waals surface area contributed by atoms with E-state index in [1.807, 2.05) is 37.6 Å². The summed E-state index contributed by atoms with van der Waals surface area (Å²) in [7, 11) is 1.83. The summed E-state index contributed by atoms with van der Waals surface area (Å²) in [5.41, 5.74) is 5.76. The molecular formula is C26H30N4O2. The predicted octanol–water partition coefficient (Wildman–Crippen LogP) is 3.73. The van der Waals surface area contributed by atoms with Gasteiger partial charge in [-0.1, -0.05) is 6.07 Å². The first-order chi connectivity index (χ1) is 15.7. The van der Waals surface area contributed by atoms with Gasteiger partial charge in [-0.2, -0.15) is 0 Å². The minimum Gasteiger partial charge on any atom is -0.494 e. The van der Waals surface area contributed by atoms with Gasteiger partial charge in [-0.05, 0) is 85.3 Å².